The number of aromatic carboxylic acids is 1. The molecule has 3 aromatic carbocycles. The number of fused-ring (bicyclic) bond motifs is 2. The molecular formula is C30H31N3O6S2. The molecule has 2 N–H and O–H groups in total. The second kappa shape index (κ2) is 11.1. The number of sulfonamides is 1. The number of ether oxygens (including phenoxy) is 1. The molecule has 0 fully saturated rings. The second-order valence-electron chi connectivity index (χ2n) is 10.9. The molecule has 0 aliphatic heterocycles. The smallest absolute Gasteiger partial charge is 0.407 e. The molecule has 1 aliphatic carbocycles. The maximum Gasteiger partial charge on any atom is 0.407 e. The van der Waals surface area contributed by atoms with Crippen LogP contribution in [-0.2, 0) is 34.1 Å². The molecule has 0 saturated heterocycles. The predicted octanol–water partition coefficient (Wildman–Crippen LogP) is 5.12. The molecular weight excluding hydrogens is 562 g/mol. The van der Waals surface area contributed by atoms with Gasteiger partial charge in [0.1, 0.15) is 10.5 Å². The molecule has 0 saturated carbocycles. The lowest BCUT2D eigenvalue weighted by molar-refractivity contribution is 0.0499. The van der Waals surface area contributed by atoms with Crippen molar-refractivity contribution in [2.75, 3.05) is 0 Å². The molecule has 0 radical (unpaired) electrons. The number of benzene rings is 3. The third-order valence-electron chi connectivity index (χ3n) is 6.78. The van der Waals surface area contributed by atoms with Crippen LogP contribution < -0.4 is 10.1 Å². The fourth-order valence-corrected chi connectivity index (χ4v) is 7.66. The Morgan fingerprint density at radius 3 is 2.54 bits per heavy atom. The fraction of sp³-hybridized carbons (Fsp3) is 0.300. The van der Waals surface area contributed by atoms with Gasteiger partial charge in [0.05, 0.1) is 12.1 Å². The minimum Gasteiger partial charge on any atom is -0.478 e. The van der Waals surface area contributed by atoms with Gasteiger partial charge in [0.15, 0.2) is 0 Å². The monoisotopic (exact) mass is 593 g/mol. The highest BCUT2D eigenvalue weighted by atomic mass is 32.2. The molecule has 5 rings (SSSR count). The molecule has 41 heavy (non-hydrogen) atoms. The van der Waals surface area contributed by atoms with Crippen molar-refractivity contribution in [1.82, 2.24) is 9.88 Å². The zero-order valence-corrected chi connectivity index (χ0v) is 24.6. The minimum atomic E-state index is -4.35. The first-order valence-electron chi connectivity index (χ1n) is 13.2. The van der Waals surface area contributed by atoms with E-state index in [4.69, 9.17) is 4.74 Å². The van der Waals surface area contributed by atoms with E-state index in [0.717, 1.165) is 26.9 Å². The van der Waals surface area contributed by atoms with Gasteiger partial charge in [-0.15, -0.1) is 15.7 Å². The van der Waals surface area contributed by atoms with Crippen LogP contribution in [-0.4, -0.2) is 41.8 Å². The van der Waals surface area contributed by atoms with Crippen molar-refractivity contribution >= 4 is 44.2 Å². The van der Waals surface area contributed by atoms with Gasteiger partial charge in [0.2, 0.25) is 4.80 Å². The maximum absolute atomic E-state index is 13.5. The van der Waals surface area contributed by atoms with Gasteiger partial charge >= 0.3 is 12.1 Å². The summed E-state index contributed by atoms with van der Waals surface area (Å²) in [5, 5.41) is 14.6. The van der Waals surface area contributed by atoms with E-state index in [1.165, 1.54) is 35.6 Å². The lowest BCUT2D eigenvalue weighted by Gasteiger charge is -2.26. The van der Waals surface area contributed by atoms with Gasteiger partial charge in [-0.1, -0.05) is 54.6 Å². The average molecular weight is 594 g/mol. The molecule has 0 bridgehead atoms. The van der Waals surface area contributed by atoms with E-state index in [-0.39, 0.29) is 21.3 Å². The van der Waals surface area contributed by atoms with Gasteiger partial charge in [-0.2, -0.15) is 8.42 Å². The molecule has 1 amide bonds. The number of carbonyl (C=O) groups excluding carboxylic acids is 1. The average Bonchev–Trinajstić information content (AvgIpc) is 3.22. The number of thiazole rings is 1. The number of carboxylic acids is 1. The van der Waals surface area contributed by atoms with Crippen LogP contribution in [0.25, 0.3) is 10.8 Å². The number of hydrogen-bond donors (Lipinski definition) is 2. The summed E-state index contributed by atoms with van der Waals surface area (Å²) in [7, 11) is -4.35. The number of rotatable bonds is 6. The summed E-state index contributed by atoms with van der Waals surface area (Å²) in [4.78, 5) is 25.0. The predicted molar refractivity (Wildman–Crippen MR) is 157 cm³/mol. The number of nitrogens with one attached hydrogen (secondary N) is 1. The number of carbonyl (C=O) groups is 2. The molecule has 11 heteroatoms. The number of carboxylic acid groups (broad SMARTS) is 1. The zero-order valence-electron chi connectivity index (χ0n) is 23.0. The Morgan fingerprint density at radius 1 is 1.07 bits per heavy atom. The third kappa shape index (κ3) is 6.36. The molecule has 1 unspecified atom stereocenters. The molecule has 9 nitrogen and oxygen atoms in total. The largest absolute Gasteiger partial charge is 0.478 e. The summed E-state index contributed by atoms with van der Waals surface area (Å²) in [6.07, 6.45) is 1.24. The lowest BCUT2D eigenvalue weighted by atomic mass is 9.97. The topological polar surface area (TPSA) is 127 Å². The van der Waals surface area contributed by atoms with Crippen LogP contribution in [0.1, 0.15) is 53.7 Å². The first-order valence-corrected chi connectivity index (χ1v) is 15.5. The Labute approximate surface area is 242 Å². The van der Waals surface area contributed by atoms with E-state index in [2.05, 4.69) is 9.71 Å². The highest BCUT2D eigenvalue weighted by molar-refractivity contribution is 7.90. The van der Waals surface area contributed by atoms with Gasteiger partial charge in [0, 0.05) is 23.0 Å². The third-order valence-corrected chi connectivity index (χ3v) is 9.36. The quantitative estimate of drug-likeness (QED) is 0.320. The zero-order chi connectivity index (χ0) is 29.4. The van der Waals surface area contributed by atoms with E-state index in [1.807, 2.05) is 47.0 Å². The van der Waals surface area contributed by atoms with Crippen LogP contribution in [0.2, 0.25) is 0 Å². The van der Waals surface area contributed by atoms with Crippen LogP contribution in [0, 0.1) is 0 Å². The van der Waals surface area contributed by atoms with E-state index in [0.29, 0.717) is 25.8 Å². The van der Waals surface area contributed by atoms with Crippen molar-refractivity contribution in [3.05, 3.63) is 93.2 Å². The van der Waals surface area contributed by atoms with Crippen LogP contribution >= 0.6 is 11.3 Å². The van der Waals surface area contributed by atoms with Gasteiger partial charge in [0.25, 0.3) is 10.0 Å². The number of aromatic nitrogens is 1. The Bertz CT molecular complexity index is 1810. The number of alkyl carbamates (subject to hydrolysis) is 1. The van der Waals surface area contributed by atoms with Crippen molar-refractivity contribution in [3.8, 4) is 0 Å². The van der Waals surface area contributed by atoms with Crippen LogP contribution in [0.15, 0.2) is 76.0 Å². The van der Waals surface area contributed by atoms with Crippen LogP contribution in [0.5, 0.6) is 0 Å². The van der Waals surface area contributed by atoms with E-state index in [9.17, 15) is 23.1 Å². The fourth-order valence-electron chi connectivity index (χ4n) is 5.01. The molecule has 1 aromatic heterocycles. The second-order valence-corrected chi connectivity index (χ2v) is 13.6. The lowest BCUT2D eigenvalue weighted by Crippen LogP contribution is -2.41. The molecule has 214 valence electrons. The van der Waals surface area contributed by atoms with Gasteiger partial charge < -0.3 is 19.7 Å². The highest BCUT2D eigenvalue weighted by Crippen LogP contribution is 2.28. The highest BCUT2D eigenvalue weighted by Gasteiger charge is 2.28. The Morgan fingerprint density at radius 2 is 1.78 bits per heavy atom. The van der Waals surface area contributed by atoms with Crippen molar-refractivity contribution in [3.63, 3.8) is 0 Å². The molecule has 0 spiro atoms. The number of hydrogen-bond acceptors (Lipinski definition) is 6. The van der Waals surface area contributed by atoms with E-state index >= 15 is 0 Å². The van der Waals surface area contributed by atoms with Gasteiger partial charge in [-0.05, 0) is 62.1 Å². The van der Waals surface area contributed by atoms with Crippen molar-refractivity contribution in [2.24, 2.45) is 4.40 Å². The summed E-state index contributed by atoms with van der Waals surface area (Å²) in [5.41, 5.74) is 0.994. The van der Waals surface area contributed by atoms with Crippen LogP contribution in [0.4, 0.5) is 4.79 Å². The number of amides is 1. The Hall–Kier alpha value is -3.96. The molecule has 1 heterocycles. The standard InChI is InChI=1S/C30H31N3O6S2/c1-30(2,3)39-29(36)31-21-15-16-24-25(17-21)40-28(32-41(37,38)26-14-7-6-13-23(26)27(34)35)33(24)18-20-11-8-10-19-9-4-5-12-22(19)20/h4-14,21H,15-18H2,1-3H3,(H,31,36)(H,34,35)/b32-28-. The minimum absolute atomic E-state index is 0.181. The summed E-state index contributed by atoms with van der Waals surface area (Å²) >= 11 is 1.24. The summed E-state index contributed by atoms with van der Waals surface area (Å²) in [6, 6.07) is 19.3. The summed E-state index contributed by atoms with van der Waals surface area (Å²) < 4.78 is 38.5. The Kier molecular flexibility index (Phi) is 7.76. The molecule has 1 aliphatic rings. The maximum atomic E-state index is 13.5. The Balaban J connectivity index is 1.59. The molecule has 4 aromatic rings. The van der Waals surface area contributed by atoms with Crippen molar-refractivity contribution in [1.29, 1.82) is 0 Å². The first kappa shape index (κ1) is 28.6. The normalized spacial score (nSPS) is 15.9. The first-order chi connectivity index (χ1) is 19.4. The van der Waals surface area contributed by atoms with Gasteiger partial charge in [-0.3, -0.25) is 0 Å². The van der Waals surface area contributed by atoms with Gasteiger partial charge in [-0.25, -0.2) is 9.59 Å². The SMILES string of the molecule is CC(C)(C)OC(=O)NC1CCc2c(s/c(=N\S(=O)(=O)c3ccccc3C(=O)O)n2Cc2cccc3ccccc23)C1. The summed E-state index contributed by atoms with van der Waals surface area (Å²) in [5.74, 6) is -1.34. The van der Waals surface area contributed by atoms with Crippen molar-refractivity contribution < 1.29 is 27.9 Å². The van der Waals surface area contributed by atoms with E-state index in [1.54, 1.807) is 20.8 Å². The summed E-state index contributed by atoms with van der Waals surface area (Å²) in [6.45, 7) is 5.79. The van der Waals surface area contributed by atoms with E-state index < -0.39 is 27.7 Å². The van der Waals surface area contributed by atoms with Crippen LogP contribution in [0.3, 0.4) is 0 Å². The van der Waals surface area contributed by atoms with Crippen molar-refractivity contribution in [2.45, 2.75) is 63.1 Å². The molecule has 1 atom stereocenters. The number of nitrogens with zero attached hydrogens (tertiary/aromatic N) is 2.